The minimum absolute atomic E-state index is 0.115. The summed E-state index contributed by atoms with van der Waals surface area (Å²) in [5.74, 6) is 0. The molecule has 2 atom stereocenters. The summed E-state index contributed by atoms with van der Waals surface area (Å²) in [6, 6.07) is 4.45. The minimum Gasteiger partial charge on any atom is -0.397 e. The van der Waals surface area contributed by atoms with Crippen molar-refractivity contribution in [1.82, 2.24) is 4.31 Å². The number of sulfonamides is 1. The molecule has 0 amide bonds. The van der Waals surface area contributed by atoms with Crippen LogP contribution in [-0.4, -0.2) is 62.3 Å². The summed E-state index contributed by atoms with van der Waals surface area (Å²) in [4.78, 5) is 1.85. The summed E-state index contributed by atoms with van der Waals surface area (Å²) in [5.41, 5.74) is 6.81. The third-order valence-corrected chi connectivity index (χ3v) is 5.19. The van der Waals surface area contributed by atoms with Crippen molar-refractivity contribution in [3.8, 4) is 0 Å². The van der Waals surface area contributed by atoms with Crippen LogP contribution in [0.2, 0.25) is 0 Å². The first-order valence-corrected chi connectivity index (χ1v) is 7.60. The van der Waals surface area contributed by atoms with Crippen LogP contribution in [0.3, 0.4) is 0 Å². The van der Waals surface area contributed by atoms with Crippen molar-refractivity contribution in [3.05, 3.63) is 18.2 Å². The molecule has 1 aliphatic rings. The van der Waals surface area contributed by atoms with Crippen LogP contribution < -0.4 is 10.6 Å². The summed E-state index contributed by atoms with van der Waals surface area (Å²) in [5, 5.41) is 19.1. The Morgan fingerprint density at radius 3 is 2.25 bits per heavy atom. The molecule has 2 unspecified atom stereocenters. The van der Waals surface area contributed by atoms with Crippen LogP contribution in [0.15, 0.2) is 23.1 Å². The Morgan fingerprint density at radius 1 is 1.25 bits per heavy atom. The Morgan fingerprint density at radius 2 is 1.80 bits per heavy atom. The molecule has 0 bridgehead atoms. The van der Waals surface area contributed by atoms with Crippen molar-refractivity contribution in [2.24, 2.45) is 0 Å². The maximum atomic E-state index is 12.0. The average Bonchev–Trinajstić information content (AvgIpc) is 2.68. The quantitative estimate of drug-likeness (QED) is 0.622. The molecule has 1 fully saturated rings. The van der Waals surface area contributed by atoms with Gasteiger partial charge in [0.25, 0.3) is 0 Å². The summed E-state index contributed by atoms with van der Waals surface area (Å²) in [6.45, 7) is 0.538. The van der Waals surface area contributed by atoms with E-state index in [-0.39, 0.29) is 18.0 Å². The molecule has 8 heteroatoms. The second kappa shape index (κ2) is 5.21. The molecule has 1 aliphatic heterocycles. The van der Waals surface area contributed by atoms with Gasteiger partial charge in [0.2, 0.25) is 10.0 Å². The first-order valence-electron chi connectivity index (χ1n) is 6.16. The van der Waals surface area contributed by atoms with Gasteiger partial charge in [-0.1, -0.05) is 0 Å². The third-order valence-electron chi connectivity index (χ3n) is 3.38. The molecule has 7 nitrogen and oxygen atoms in total. The fourth-order valence-electron chi connectivity index (χ4n) is 2.16. The molecule has 0 aliphatic carbocycles. The van der Waals surface area contributed by atoms with E-state index in [9.17, 15) is 18.6 Å². The second-order valence-corrected chi connectivity index (χ2v) is 7.20. The first kappa shape index (κ1) is 15.0. The van der Waals surface area contributed by atoms with Crippen molar-refractivity contribution in [2.45, 2.75) is 17.1 Å². The van der Waals surface area contributed by atoms with Crippen molar-refractivity contribution in [2.75, 3.05) is 37.8 Å². The lowest BCUT2D eigenvalue weighted by Crippen LogP contribution is -2.24. The van der Waals surface area contributed by atoms with E-state index in [2.05, 4.69) is 0 Å². The Bertz CT molecular complexity index is 593. The largest absolute Gasteiger partial charge is 0.397 e. The molecule has 0 radical (unpaired) electrons. The van der Waals surface area contributed by atoms with E-state index in [1.54, 1.807) is 11.0 Å². The zero-order chi connectivity index (χ0) is 15.1. The zero-order valence-electron chi connectivity index (χ0n) is 11.4. The number of rotatable bonds is 3. The van der Waals surface area contributed by atoms with Crippen LogP contribution in [-0.2, 0) is 10.0 Å². The van der Waals surface area contributed by atoms with Crippen molar-refractivity contribution in [1.29, 1.82) is 0 Å². The maximum Gasteiger partial charge on any atom is 0.242 e. The van der Waals surface area contributed by atoms with E-state index in [4.69, 9.17) is 5.73 Å². The molecular formula is C12H19N3O4S. The monoisotopic (exact) mass is 301 g/mol. The van der Waals surface area contributed by atoms with Crippen LogP contribution in [0.25, 0.3) is 0 Å². The number of hydrogen-bond acceptors (Lipinski definition) is 6. The maximum absolute atomic E-state index is 12.0. The molecule has 4 N–H and O–H groups in total. The number of hydrogen-bond donors (Lipinski definition) is 3. The number of β-amino-alcohol motifs (C(OH)–C–C–N with tert-alkyl or cyclic N) is 2. The number of anilines is 2. The molecule has 1 aromatic carbocycles. The lowest BCUT2D eigenvalue weighted by Gasteiger charge is -2.21. The fourth-order valence-corrected chi connectivity index (χ4v) is 3.10. The van der Waals surface area contributed by atoms with Crippen LogP contribution in [0, 0.1) is 0 Å². The van der Waals surface area contributed by atoms with Gasteiger partial charge in [-0.15, -0.1) is 0 Å². The van der Waals surface area contributed by atoms with Gasteiger partial charge in [-0.25, -0.2) is 12.7 Å². The van der Waals surface area contributed by atoms with Crippen molar-refractivity contribution in [3.63, 3.8) is 0 Å². The predicted molar refractivity (Wildman–Crippen MR) is 76.0 cm³/mol. The normalized spacial score (nSPS) is 23.6. The smallest absolute Gasteiger partial charge is 0.242 e. The fraction of sp³-hybridized carbons (Fsp3) is 0.500. The van der Waals surface area contributed by atoms with Gasteiger partial charge in [0.15, 0.2) is 0 Å². The van der Waals surface area contributed by atoms with Gasteiger partial charge in [-0.2, -0.15) is 0 Å². The summed E-state index contributed by atoms with van der Waals surface area (Å²) < 4.78 is 25.1. The molecule has 0 spiro atoms. The summed E-state index contributed by atoms with van der Waals surface area (Å²) in [6.07, 6.45) is -1.64. The van der Waals surface area contributed by atoms with Crippen LogP contribution in [0.5, 0.6) is 0 Å². The van der Waals surface area contributed by atoms with Crippen molar-refractivity contribution >= 4 is 21.4 Å². The zero-order valence-corrected chi connectivity index (χ0v) is 12.2. The molecule has 20 heavy (non-hydrogen) atoms. The third kappa shape index (κ3) is 2.59. The van der Waals surface area contributed by atoms with Crippen LogP contribution >= 0.6 is 0 Å². The van der Waals surface area contributed by atoms with Gasteiger partial charge in [0, 0.05) is 27.2 Å². The second-order valence-electron chi connectivity index (χ2n) is 5.05. The molecule has 2 rings (SSSR count). The molecule has 1 saturated heterocycles. The Balaban J connectivity index is 2.32. The lowest BCUT2D eigenvalue weighted by atomic mass is 10.2. The molecule has 1 heterocycles. The summed E-state index contributed by atoms with van der Waals surface area (Å²) in [7, 11) is -0.623. The average molecular weight is 301 g/mol. The highest BCUT2D eigenvalue weighted by Gasteiger charge is 2.31. The highest BCUT2D eigenvalue weighted by Crippen LogP contribution is 2.29. The number of nitrogens with two attached hydrogens (primary N) is 1. The van der Waals surface area contributed by atoms with E-state index >= 15 is 0 Å². The first-order chi connectivity index (χ1) is 9.23. The number of aliphatic hydroxyl groups excluding tert-OH is 2. The SMILES string of the molecule is CN(C)S(=O)(=O)c1ccc(N2CC(O)C(O)C2)c(N)c1. The molecule has 0 saturated carbocycles. The van der Waals surface area contributed by atoms with Gasteiger partial charge in [-0.05, 0) is 18.2 Å². The standard InChI is InChI=1S/C12H19N3O4S/c1-14(2)20(18,19)8-3-4-10(9(13)5-8)15-6-11(16)12(17)7-15/h3-5,11-12,16-17H,6-7,13H2,1-2H3. The van der Waals surface area contributed by atoms with Gasteiger partial charge in [0.1, 0.15) is 0 Å². The minimum atomic E-state index is -3.53. The topological polar surface area (TPSA) is 107 Å². The predicted octanol–water partition coefficient (Wildman–Crippen LogP) is -0.939. The van der Waals surface area contributed by atoms with Crippen LogP contribution in [0.4, 0.5) is 11.4 Å². The Kier molecular flexibility index (Phi) is 3.92. The molecule has 1 aromatic rings. The number of aliphatic hydroxyl groups is 2. The van der Waals surface area contributed by atoms with E-state index in [1.165, 1.54) is 26.2 Å². The van der Waals surface area contributed by atoms with Gasteiger partial charge >= 0.3 is 0 Å². The number of nitrogen functional groups attached to an aromatic ring is 1. The molecule has 0 aromatic heterocycles. The summed E-state index contributed by atoms with van der Waals surface area (Å²) >= 11 is 0. The van der Waals surface area contributed by atoms with E-state index < -0.39 is 22.2 Å². The van der Waals surface area contributed by atoms with E-state index in [0.29, 0.717) is 11.4 Å². The van der Waals surface area contributed by atoms with E-state index in [1.807, 2.05) is 0 Å². The highest BCUT2D eigenvalue weighted by atomic mass is 32.2. The highest BCUT2D eigenvalue weighted by molar-refractivity contribution is 7.89. The molecule has 112 valence electrons. The Hall–Kier alpha value is -1.35. The number of nitrogens with zero attached hydrogens (tertiary/aromatic N) is 2. The van der Waals surface area contributed by atoms with Crippen LogP contribution in [0.1, 0.15) is 0 Å². The lowest BCUT2D eigenvalue weighted by molar-refractivity contribution is 0.0572. The Labute approximate surface area is 118 Å². The van der Waals surface area contributed by atoms with Gasteiger partial charge in [-0.3, -0.25) is 0 Å². The van der Waals surface area contributed by atoms with Gasteiger partial charge < -0.3 is 20.8 Å². The van der Waals surface area contributed by atoms with E-state index in [0.717, 1.165) is 4.31 Å². The van der Waals surface area contributed by atoms with Crippen molar-refractivity contribution < 1.29 is 18.6 Å². The molecular weight excluding hydrogens is 282 g/mol. The van der Waals surface area contributed by atoms with Gasteiger partial charge in [0.05, 0.1) is 28.5 Å². The number of benzene rings is 1.